The SMILES string of the molecule is O=C(O)CCNc1nc(Cc2nnc(SCC(=O)N/N=C/c3ccccc3)n2NC(=O)c2ccc(Cl)cc2)cs1. The Morgan fingerprint density at radius 1 is 1.10 bits per heavy atom. The molecule has 0 unspecified atom stereocenters. The molecule has 0 atom stereocenters. The van der Waals surface area contributed by atoms with Crippen molar-refractivity contribution in [3.05, 3.63) is 87.6 Å². The van der Waals surface area contributed by atoms with Crippen molar-refractivity contribution in [2.45, 2.75) is 18.0 Å². The van der Waals surface area contributed by atoms with E-state index in [2.05, 4.69) is 36.5 Å². The lowest BCUT2D eigenvalue weighted by atomic mass is 10.2. The maximum atomic E-state index is 13.0. The molecule has 4 aromatic rings. The largest absolute Gasteiger partial charge is 0.481 e. The Labute approximate surface area is 241 Å². The minimum absolute atomic E-state index is 0.0323. The summed E-state index contributed by atoms with van der Waals surface area (Å²) in [6, 6.07) is 15.7. The normalized spacial score (nSPS) is 10.9. The van der Waals surface area contributed by atoms with Crippen molar-refractivity contribution in [1.82, 2.24) is 25.3 Å². The summed E-state index contributed by atoms with van der Waals surface area (Å²) >= 11 is 8.34. The molecule has 0 aliphatic heterocycles. The number of carboxylic acids is 1. The molecule has 4 N–H and O–H groups in total. The third-order valence-corrected chi connectivity index (χ3v) is 7.09. The summed E-state index contributed by atoms with van der Waals surface area (Å²) in [6.45, 7) is 0.244. The van der Waals surface area contributed by atoms with Crippen LogP contribution in [0.1, 0.15) is 33.9 Å². The molecule has 0 fully saturated rings. The molecule has 0 spiro atoms. The number of aromatic nitrogens is 4. The zero-order valence-corrected chi connectivity index (χ0v) is 23.2. The molecule has 2 aromatic carbocycles. The minimum Gasteiger partial charge on any atom is -0.481 e. The average molecular weight is 599 g/mol. The van der Waals surface area contributed by atoms with Crippen LogP contribution in [-0.2, 0) is 16.0 Å². The second-order valence-electron chi connectivity index (χ2n) is 8.07. The van der Waals surface area contributed by atoms with Gasteiger partial charge in [-0.05, 0) is 29.8 Å². The van der Waals surface area contributed by atoms with Crippen molar-refractivity contribution in [1.29, 1.82) is 0 Å². The number of thiazole rings is 1. The highest BCUT2D eigenvalue weighted by Gasteiger charge is 2.19. The van der Waals surface area contributed by atoms with E-state index in [0.29, 0.717) is 27.2 Å². The van der Waals surface area contributed by atoms with Crippen molar-refractivity contribution in [3.63, 3.8) is 0 Å². The average Bonchev–Trinajstić information content (AvgIpc) is 3.55. The first kappa shape index (κ1) is 28.7. The molecule has 40 heavy (non-hydrogen) atoms. The molecule has 0 aliphatic carbocycles. The van der Waals surface area contributed by atoms with Gasteiger partial charge in [-0.2, -0.15) is 5.10 Å². The summed E-state index contributed by atoms with van der Waals surface area (Å²) in [5.41, 5.74) is 7.09. The highest BCUT2D eigenvalue weighted by Crippen LogP contribution is 2.21. The van der Waals surface area contributed by atoms with E-state index in [9.17, 15) is 14.4 Å². The first-order valence-electron chi connectivity index (χ1n) is 11.8. The van der Waals surface area contributed by atoms with Gasteiger partial charge in [0, 0.05) is 22.5 Å². The monoisotopic (exact) mass is 598 g/mol. The molecule has 15 heteroatoms. The van der Waals surface area contributed by atoms with Gasteiger partial charge < -0.3 is 10.4 Å². The number of anilines is 1. The Hall–Kier alpha value is -4.27. The minimum atomic E-state index is -0.907. The highest BCUT2D eigenvalue weighted by molar-refractivity contribution is 7.99. The van der Waals surface area contributed by atoms with Crippen LogP contribution in [0.2, 0.25) is 5.02 Å². The lowest BCUT2D eigenvalue weighted by molar-refractivity contribution is -0.136. The van der Waals surface area contributed by atoms with E-state index in [1.807, 2.05) is 30.3 Å². The molecule has 0 saturated heterocycles. The van der Waals surface area contributed by atoms with Crippen LogP contribution in [0.15, 0.2) is 70.2 Å². The van der Waals surface area contributed by atoms with Crippen molar-refractivity contribution >= 4 is 63.8 Å². The molecule has 0 saturated carbocycles. The number of thioether (sulfide) groups is 1. The zero-order valence-electron chi connectivity index (χ0n) is 20.8. The second-order valence-corrected chi connectivity index (χ2v) is 10.3. The number of nitrogens with one attached hydrogen (secondary N) is 3. The van der Waals surface area contributed by atoms with Crippen molar-refractivity contribution in [2.75, 3.05) is 23.0 Å². The smallest absolute Gasteiger partial charge is 0.305 e. The number of rotatable bonds is 13. The van der Waals surface area contributed by atoms with E-state index in [1.165, 1.54) is 22.2 Å². The van der Waals surface area contributed by atoms with Gasteiger partial charge in [0.1, 0.15) is 0 Å². The number of halogens is 1. The van der Waals surface area contributed by atoms with Gasteiger partial charge in [0.05, 0.1) is 30.5 Å². The van der Waals surface area contributed by atoms with Gasteiger partial charge in [0.2, 0.25) is 5.16 Å². The van der Waals surface area contributed by atoms with Crippen LogP contribution in [0.4, 0.5) is 5.13 Å². The summed E-state index contributed by atoms with van der Waals surface area (Å²) in [7, 11) is 0. The molecule has 2 aromatic heterocycles. The fraction of sp³-hybridized carbons (Fsp3) is 0.160. The van der Waals surface area contributed by atoms with Gasteiger partial charge in [0.25, 0.3) is 11.8 Å². The van der Waals surface area contributed by atoms with E-state index >= 15 is 0 Å². The van der Waals surface area contributed by atoms with Gasteiger partial charge in [-0.1, -0.05) is 53.7 Å². The number of carbonyl (C=O) groups is 3. The summed E-state index contributed by atoms with van der Waals surface area (Å²) < 4.78 is 1.42. The number of aliphatic carboxylic acids is 1. The molecule has 4 rings (SSSR count). The number of nitrogens with zero attached hydrogens (tertiary/aromatic N) is 5. The Kier molecular flexibility index (Phi) is 10.2. The molecule has 0 aliphatic rings. The number of benzene rings is 2. The van der Waals surface area contributed by atoms with Crippen molar-refractivity contribution < 1.29 is 19.5 Å². The number of hydrazone groups is 1. The fourth-order valence-corrected chi connectivity index (χ4v) is 4.74. The van der Waals surface area contributed by atoms with E-state index < -0.39 is 11.9 Å². The number of carbonyl (C=O) groups excluding carboxylic acids is 2. The molecule has 0 radical (unpaired) electrons. The second kappa shape index (κ2) is 14.2. The first-order valence-corrected chi connectivity index (χ1v) is 14.0. The summed E-state index contributed by atoms with van der Waals surface area (Å²) in [6.07, 6.45) is 1.72. The van der Waals surface area contributed by atoms with Crippen molar-refractivity contribution in [2.24, 2.45) is 5.10 Å². The third kappa shape index (κ3) is 8.62. The fourth-order valence-electron chi connectivity index (χ4n) is 3.18. The predicted molar refractivity (Wildman–Crippen MR) is 154 cm³/mol. The Balaban J connectivity index is 1.45. The third-order valence-electron chi connectivity index (χ3n) is 5.06. The highest BCUT2D eigenvalue weighted by atomic mass is 35.5. The predicted octanol–water partition coefficient (Wildman–Crippen LogP) is 3.49. The molecular formula is C25H23ClN8O4S2. The topological polar surface area (TPSA) is 163 Å². The number of amides is 2. The molecule has 206 valence electrons. The van der Waals surface area contributed by atoms with Gasteiger partial charge in [-0.15, -0.1) is 21.5 Å². The maximum absolute atomic E-state index is 13.0. The Morgan fingerprint density at radius 3 is 2.62 bits per heavy atom. The van der Waals surface area contributed by atoms with E-state index in [1.54, 1.807) is 29.6 Å². The van der Waals surface area contributed by atoms with Crippen LogP contribution < -0.4 is 16.2 Å². The van der Waals surface area contributed by atoms with Crippen LogP contribution >= 0.6 is 34.7 Å². The first-order chi connectivity index (χ1) is 19.4. The van der Waals surface area contributed by atoms with Crippen LogP contribution in [0.3, 0.4) is 0 Å². The Bertz CT molecular complexity index is 1490. The van der Waals surface area contributed by atoms with Crippen LogP contribution in [-0.4, -0.2) is 61.3 Å². The number of carboxylic acid groups (broad SMARTS) is 1. The van der Waals surface area contributed by atoms with Crippen LogP contribution in [0.5, 0.6) is 0 Å². The quantitative estimate of drug-likeness (QED) is 0.102. The van der Waals surface area contributed by atoms with E-state index in [0.717, 1.165) is 17.3 Å². The van der Waals surface area contributed by atoms with Gasteiger partial charge in [-0.3, -0.25) is 19.8 Å². The molecule has 0 bridgehead atoms. The van der Waals surface area contributed by atoms with Gasteiger partial charge in [-0.25, -0.2) is 15.1 Å². The molecule has 2 amide bonds. The van der Waals surface area contributed by atoms with Crippen LogP contribution in [0, 0.1) is 0 Å². The lowest BCUT2D eigenvalue weighted by Crippen LogP contribution is -2.26. The number of hydrogen-bond acceptors (Lipinski definition) is 10. The van der Waals surface area contributed by atoms with Gasteiger partial charge in [0.15, 0.2) is 11.0 Å². The molecule has 2 heterocycles. The van der Waals surface area contributed by atoms with E-state index in [-0.39, 0.29) is 36.2 Å². The molecular weight excluding hydrogens is 576 g/mol. The van der Waals surface area contributed by atoms with Gasteiger partial charge >= 0.3 is 5.97 Å². The van der Waals surface area contributed by atoms with E-state index in [4.69, 9.17) is 16.7 Å². The van der Waals surface area contributed by atoms with Crippen LogP contribution in [0.25, 0.3) is 0 Å². The lowest BCUT2D eigenvalue weighted by Gasteiger charge is -2.11. The standard InChI is InChI=1S/C25H23ClN8O4S2/c26-18-8-6-17(7-9-18)23(38)33-34-20(12-19-14-39-24(29-19)27-11-10-22(36)37)30-32-25(34)40-15-21(35)31-28-13-16-4-2-1-3-5-16/h1-9,13-14H,10-12,15H2,(H,27,29)(H,31,35)(H,33,38)(H,36,37)/b28-13+. The van der Waals surface area contributed by atoms with Crippen molar-refractivity contribution in [3.8, 4) is 0 Å². The summed E-state index contributed by atoms with van der Waals surface area (Å²) in [5, 5.41) is 27.3. The maximum Gasteiger partial charge on any atom is 0.305 e. The summed E-state index contributed by atoms with van der Waals surface area (Å²) in [5.74, 6) is -1.35. The number of hydrogen-bond donors (Lipinski definition) is 4. The zero-order chi connectivity index (χ0) is 28.3. The molecule has 12 nitrogen and oxygen atoms in total. The Morgan fingerprint density at radius 2 is 1.88 bits per heavy atom. The summed E-state index contributed by atoms with van der Waals surface area (Å²) in [4.78, 5) is 40.5.